The lowest BCUT2D eigenvalue weighted by Crippen LogP contribution is -2.52. The zero-order valence-electron chi connectivity index (χ0n) is 17.1. The second-order valence-electron chi connectivity index (χ2n) is 8.01. The van der Waals surface area contributed by atoms with Crippen LogP contribution in [0.2, 0.25) is 5.02 Å². The molecule has 13 heteroatoms. The number of fused-ring (bicyclic) bond motifs is 1. The van der Waals surface area contributed by atoms with Crippen LogP contribution in [0.3, 0.4) is 0 Å². The van der Waals surface area contributed by atoms with Crippen molar-refractivity contribution in [2.75, 3.05) is 17.7 Å². The fraction of sp³-hybridized carbons (Fsp3) is 0.474. The van der Waals surface area contributed by atoms with Gasteiger partial charge in [0.15, 0.2) is 5.17 Å². The number of hydrogen-bond acceptors (Lipinski definition) is 9. The SMILES string of the molecule is CC1(C)C[C@H]2CSC(N)=N[C@@]2(c2nc(NC(=O)c3ncc(OC(F)F)cc3Cl)cs2)CO1. The molecule has 2 aliphatic heterocycles. The van der Waals surface area contributed by atoms with E-state index in [0.29, 0.717) is 22.6 Å². The summed E-state index contributed by atoms with van der Waals surface area (Å²) in [5.74, 6) is 0.402. The molecule has 0 unspecified atom stereocenters. The summed E-state index contributed by atoms with van der Waals surface area (Å²) in [6.07, 6.45) is 1.80. The van der Waals surface area contributed by atoms with Crippen molar-refractivity contribution in [3.63, 3.8) is 0 Å². The molecule has 1 amide bonds. The Balaban J connectivity index is 1.55. The van der Waals surface area contributed by atoms with E-state index in [1.807, 2.05) is 13.8 Å². The van der Waals surface area contributed by atoms with E-state index >= 15 is 0 Å². The highest BCUT2D eigenvalue weighted by Gasteiger charge is 2.52. The molecule has 2 atom stereocenters. The molecule has 0 aromatic carbocycles. The second-order valence-corrected chi connectivity index (χ2v) is 10.3. The van der Waals surface area contributed by atoms with Gasteiger partial charge in [-0.3, -0.25) is 4.79 Å². The van der Waals surface area contributed by atoms with E-state index in [-0.39, 0.29) is 28.0 Å². The number of nitrogens with one attached hydrogen (secondary N) is 1. The summed E-state index contributed by atoms with van der Waals surface area (Å²) in [4.78, 5) is 25.8. The third-order valence-corrected chi connectivity index (χ3v) is 7.46. The Hall–Kier alpha value is -2.02. The number of aliphatic imine (C=N–C) groups is 1. The van der Waals surface area contributed by atoms with Gasteiger partial charge in [0.25, 0.3) is 5.91 Å². The first-order chi connectivity index (χ1) is 15.1. The Labute approximate surface area is 196 Å². The molecule has 4 rings (SSSR count). The minimum absolute atomic E-state index is 0.126. The Morgan fingerprint density at radius 3 is 2.97 bits per heavy atom. The van der Waals surface area contributed by atoms with Crippen LogP contribution < -0.4 is 15.8 Å². The lowest BCUT2D eigenvalue weighted by atomic mass is 9.77. The number of anilines is 1. The van der Waals surface area contributed by atoms with Crippen molar-refractivity contribution >= 4 is 51.6 Å². The van der Waals surface area contributed by atoms with Crippen molar-refractivity contribution in [2.24, 2.45) is 16.6 Å². The molecule has 172 valence electrons. The third kappa shape index (κ3) is 4.68. The number of amidine groups is 1. The summed E-state index contributed by atoms with van der Waals surface area (Å²) in [6, 6.07) is 1.10. The van der Waals surface area contributed by atoms with Crippen LogP contribution in [-0.2, 0) is 10.3 Å². The predicted molar refractivity (Wildman–Crippen MR) is 120 cm³/mol. The maximum atomic E-state index is 12.6. The number of halogens is 3. The fourth-order valence-electron chi connectivity index (χ4n) is 3.72. The lowest BCUT2D eigenvalue weighted by Gasteiger charge is -2.47. The van der Waals surface area contributed by atoms with Gasteiger partial charge in [-0.15, -0.1) is 11.3 Å². The molecular formula is C19H20ClF2N5O3S2. The predicted octanol–water partition coefficient (Wildman–Crippen LogP) is 4.12. The van der Waals surface area contributed by atoms with Crippen LogP contribution in [0.4, 0.5) is 14.6 Å². The minimum atomic E-state index is -3.02. The first-order valence-corrected chi connectivity index (χ1v) is 11.8. The fourth-order valence-corrected chi connectivity index (χ4v) is 5.92. The Morgan fingerprint density at radius 1 is 1.47 bits per heavy atom. The van der Waals surface area contributed by atoms with Gasteiger partial charge in [-0.05, 0) is 20.3 Å². The number of aromatic nitrogens is 2. The van der Waals surface area contributed by atoms with Crippen molar-refractivity contribution in [3.05, 3.63) is 33.4 Å². The number of carbonyl (C=O) groups excluding carboxylic acids is 1. The Bertz CT molecular complexity index is 1070. The van der Waals surface area contributed by atoms with Crippen LogP contribution in [0, 0.1) is 5.92 Å². The topological polar surface area (TPSA) is 112 Å². The highest BCUT2D eigenvalue weighted by molar-refractivity contribution is 8.13. The van der Waals surface area contributed by atoms with E-state index in [0.717, 1.165) is 24.4 Å². The van der Waals surface area contributed by atoms with Crippen molar-refractivity contribution in [3.8, 4) is 5.75 Å². The van der Waals surface area contributed by atoms with Gasteiger partial charge in [0.05, 0.1) is 23.4 Å². The summed E-state index contributed by atoms with van der Waals surface area (Å²) in [7, 11) is 0. The van der Waals surface area contributed by atoms with Crippen LogP contribution in [0.25, 0.3) is 0 Å². The molecule has 0 spiro atoms. The van der Waals surface area contributed by atoms with Gasteiger partial charge >= 0.3 is 6.61 Å². The molecule has 0 aliphatic carbocycles. The van der Waals surface area contributed by atoms with Crippen molar-refractivity contribution in [1.82, 2.24) is 9.97 Å². The molecular weight excluding hydrogens is 484 g/mol. The molecule has 2 aromatic heterocycles. The summed E-state index contributed by atoms with van der Waals surface area (Å²) in [5.41, 5.74) is 4.92. The summed E-state index contributed by atoms with van der Waals surface area (Å²) in [5, 5.41) is 5.37. The molecule has 1 fully saturated rings. The smallest absolute Gasteiger partial charge is 0.387 e. The van der Waals surface area contributed by atoms with Gasteiger partial charge in [-0.2, -0.15) is 8.78 Å². The first-order valence-electron chi connectivity index (χ1n) is 9.58. The van der Waals surface area contributed by atoms with Gasteiger partial charge in [-0.25, -0.2) is 15.0 Å². The summed E-state index contributed by atoms with van der Waals surface area (Å²) in [6.45, 7) is 1.41. The number of ether oxygens (including phenoxy) is 2. The van der Waals surface area contributed by atoms with Gasteiger partial charge < -0.3 is 20.5 Å². The van der Waals surface area contributed by atoms with Crippen LogP contribution in [-0.4, -0.2) is 45.6 Å². The summed E-state index contributed by atoms with van der Waals surface area (Å²) < 4.78 is 35.0. The van der Waals surface area contributed by atoms with Crippen LogP contribution >= 0.6 is 34.7 Å². The van der Waals surface area contributed by atoms with Crippen LogP contribution in [0.1, 0.15) is 35.8 Å². The molecule has 0 saturated carbocycles. The molecule has 2 aromatic rings. The molecule has 32 heavy (non-hydrogen) atoms. The molecule has 3 N–H and O–H groups in total. The quantitative estimate of drug-likeness (QED) is 0.631. The lowest BCUT2D eigenvalue weighted by molar-refractivity contribution is -0.109. The van der Waals surface area contributed by atoms with E-state index in [4.69, 9.17) is 27.1 Å². The molecule has 8 nitrogen and oxygen atoms in total. The monoisotopic (exact) mass is 503 g/mol. The maximum Gasteiger partial charge on any atom is 0.387 e. The standard InChI is InChI=1S/C19H20ClF2N5O3S2/c1-18(2)4-9-6-32-17(23)27-19(9,8-29-18)15-26-12(7-31-15)25-14(28)13-11(20)3-10(5-24-13)30-16(21)22/h3,5,7,9,16H,4,6,8H2,1-2H3,(H2,23,27)(H,25,28)/t9-,19-/m0/s1. The maximum absolute atomic E-state index is 12.6. The van der Waals surface area contributed by atoms with E-state index < -0.39 is 18.1 Å². The minimum Gasteiger partial charge on any atom is -0.433 e. The summed E-state index contributed by atoms with van der Waals surface area (Å²) >= 11 is 8.89. The number of amides is 1. The van der Waals surface area contributed by atoms with Gasteiger partial charge in [0.1, 0.15) is 27.8 Å². The highest BCUT2D eigenvalue weighted by Crippen LogP contribution is 2.49. The van der Waals surface area contributed by atoms with E-state index in [9.17, 15) is 13.6 Å². The molecule has 1 saturated heterocycles. The van der Waals surface area contributed by atoms with E-state index in [2.05, 4.69) is 20.0 Å². The number of nitrogens with zero attached hydrogens (tertiary/aromatic N) is 3. The van der Waals surface area contributed by atoms with Crippen LogP contribution in [0.15, 0.2) is 22.6 Å². The van der Waals surface area contributed by atoms with Crippen molar-refractivity contribution in [2.45, 2.75) is 38.0 Å². The number of rotatable bonds is 5. The normalized spacial score (nSPS) is 24.6. The van der Waals surface area contributed by atoms with Gasteiger partial charge in [0.2, 0.25) is 0 Å². The van der Waals surface area contributed by atoms with Gasteiger partial charge in [0, 0.05) is 23.1 Å². The average molecular weight is 504 g/mol. The Morgan fingerprint density at radius 2 is 2.25 bits per heavy atom. The van der Waals surface area contributed by atoms with E-state index in [1.165, 1.54) is 23.1 Å². The molecule has 2 aliphatic rings. The zero-order chi connectivity index (χ0) is 23.1. The zero-order valence-corrected chi connectivity index (χ0v) is 19.5. The largest absolute Gasteiger partial charge is 0.433 e. The number of alkyl halides is 2. The van der Waals surface area contributed by atoms with Gasteiger partial charge in [-0.1, -0.05) is 23.4 Å². The number of hydrogen-bond donors (Lipinski definition) is 2. The number of nitrogens with two attached hydrogens (primary N) is 1. The number of pyridine rings is 1. The highest BCUT2D eigenvalue weighted by atomic mass is 35.5. The van der Waals surface area contributed by atoms with Crippen LogP contribution in [0.5, 0.6) is 5.75 Å². The van der Waals surface area contributed by atoms with Crippen molar-refractivity contribution in [1.29, 1.82) is 0 Å². The second kappa shape index (κ2) is 8.73. The number of thiazole rings is 1. The van der Waals surface area contributed by atoms with Crippen molar-refractivity contribution < 1.29 is 23.0 Å². The average Bonchev–Trinajstić information content (AvgIpc) is 3.16. The third-order valence-electron chi connectivity index (χ3n) is 5.21. The number of thioether (sulfide) groups is 1. The molecule has 4 heterocycles. The number of carbonyl (C=O) groups is 1. The van der Waals surface area contributed by atoms with E-state index in [1.54, 1.807) is 5.38 Å². The first kappa shape index (κ1) is 23.1. The molecule has 0 bridgehead atoms. The Kier molecular flexibility index (Phi) is 6.31. The molecule has 0 radical (unpaired) electrons.